The Hall–Kier alpha value is -1.96. The van der Waals surface area contributed by atoms with Gasteiger partial charge in [0, 0.05) is 26.0 Å². The van der Waals surface area contributed by atoms with Gasteiger partial charge >= 0.3 is 0 Å². The van der Waals surface area contributed by atoms with Gasteiger partial charge in [-0.2, -0.15) is 9.40 Å². The second-order valence-corrected chi connectivity index (χ2v) is 8.03. The SMILES string of the molecule is CN(Cc1ccc(-n2cccn2)cc1)S(=O)(=O)c1cccs1. The van der Waals surface area contributed by atoms with Crippen LogP contribution in [0.3, 0.4) is 0 Å². The van der Waals surface area contributed by atoms with Crippen LogP contribution in [0, 0.1) is 0 Å². The second-order valence-electron chi connectivity index (χ2n) is 4.81. The van der Waals surface area contributed by atoms with E-state index in [0.717, 1.165) is 11.3 Å². The quantitative estimate of drug-likeness (QED) is 0.721. The lowest BCUT2D eigenvalue weighted by Gasteiger charge is -2.16. The van der Waals surface area contributed by atoms with Crippen molar-refractivity contribution in [3.05, 3.63) is 65.8 Å². The number of rotatable bonds is 5. The minimum atomic E-state index is -3.41. The van der Waals surface area contributed by atoms with Crippen molar-refractivity contribution in [2.75, 3.05) is 7.05 Å². The van der Waals surface area contributed by atoms with Gasteiger partial charge in [0.25, 0.3) is 10.0 Å². The maximum absolute atomic E-state index is 12.4. The van der Waals surface area contributed by atoms with E-state index in [-0.39, 0.29) is 0 Å². The molecule has 0 aliphatic heterocycles. The summed E-state index contributed by atoms with van der Waals surface area (Å²) >= 11 is 1.23. The van der Waals surface area contributed by atoms with E-state index in [9.17, 15) is 8.42 Å². The van der Waals surface area contributed by atoms with Crippen LogP contribution in [0.25, 0.3) is 5.69 Å². The molecule has 2 heterocycles. The minimum Gasteiger partial charge on any atom is -0.241 e. The van der Waals surface area contributed by atoms with Gasteiger partial charge in [-0.15, -0.1) is 11.3 Å². The van der Waals surface area contributed by atoms with Gasteiger partial charge in [0.1, 0.15) is 4.21 Å². The Morgan fingerprint density at radius 1 is 1.18 bits per heavy atom. The van der Waals surface area contributed by atoms with Crippen LogP contribution in [-0.2, 0) is 16.6 Å². The molecule has 2 aromatic heterocycles. The molecule has 7 heteroatoms. The Balaban J connectivity index is 1.76. The molecule has 5 nitrogen and oxygen atoms in total. The molecule has 3 rings (SSSR count). The topological polar surface area (TPSA) is 55.2 Å². The van der Waals surface area contributed by atoms with Gasteiger partial charge in [-0.05, 0) is 35.2 Å². The van der Waals surface area contributed by atoms with Gasteiger partial charge in [0.05, 0.1) is 5.69 Å². The molecule has 22 heavy (non-hydrogen) atoms. The van der Waals surface area contributed by atoms with Crippen LogP contribution in [0.5, 0.6) is 0 Å². The highest BCUT2D eigenvalue weighted by molar-refractivity contribution is 7.91. The number of sulfonamides is 1. The lowest BCUT2D eigenvalue weighted by Crippen LogP contribution is -2.25. The van der Waals surface area contributed by atoms with Crippen LogP contribution in [0.4, 0.5) is 0 Å². The first-order valence-electron chi connectivity index (χ1n) is 6.66. The summed E-state index contributed by atoms with van der Waals surface area (Å²) in [7, 11) is -1.82. The van der Waals surface area contributed by atoms with Crippen LogP contribution in [-0.4, -0.2) is 29.6 Å². The monoisotopic (exact) mass is 333 g/mol. The van der Waals surface area contributed by atoms with Crippen LogP contribution >= 0.6 is 11.3 Å². The maximum atomic E-state index is 12.4. The number of benzene rings is 1. The van der Waals surface area contributed by atoms with E-state index in [0.29, 0.717) is 10.8 Å². The first-order valence-corrected chi connectivity index (χ1v) is 8.98. The average molecular weight is 333 g/mol. The van der Waals surface area contributed by atoms with Crippen molar-refractivity contribution in [3.63, 3.8) is 0 Å². The number of thiophene rings is 1. The van der Waals surface area contributed by atoms with Crippen molar-refractivity contribution < 1.29 is 8.42 Å². The Kier molecular flexibility index (Phi) is 4.10. The summed E-state index contributed by atoms with van der Waals surface area (Å²) in [6.45, 7) is 0.333. The lowest BCUT2D eigenvalue weighted by molar-refractivity contribution is 0.468. The predicted molar refractivity (Wildman–Crippen MR) is 86.5 cm³/mol. The molecule has 0 atom stereocenters. The molecular formula is C15H15N3O2S2. The van der Waals surface area contributed by atoms with E-state index in [4.69, 9.17) is 0 Å². The molecule has 0 N–H and O–H groups in total. The van der Waals surface area contributed by atoms with Crippen molar-refractivity contribution in [2.45, 2.75) is 10.8 Å². The molecule has 0 bridgehead atoms. The van der Waals surface area contributed by atoms with E-state index < -0.39 is 10.0 Å². The Morgan fingerprint density at radius 3 is 2.55 bits per heavy atom. The molecule has 0 saturated carbocycles. The first-order chi connectivity index (χ1) is 10.6. The smallest absolute Gasteiger partial charge is 0.241 e. The molecule has 1 aromatic carbocycles. The summed E-state index contributed by atoms with van der Waals surface area (Å²) in [6, 6.07) is 12.9. The van der Waals surface area contributed by atoms with E-state index in [1.165, 1.54) is 15.6 Å². The largest absolute Gasteiger partial charge is 0.252 e. The van der Waals surface area contributed by atoms with E-state index >= 15 is 0 Å². The summed E-state index contributed by atoms with van der Waals surface area (Å²) in [5, 5.41) is 5.93. The molecule has 3 aromatic rings. The number of aromatic nitrogens is 2. The second kappa shape index (κ2) is 6.04. The van der Waals surface area contributed by atoms with Crippen LogP contribution < -0.4 is 0 Å². The highest BCUT2D eigenvalue weighted by Crippen LogP contribution is 2.21. The highest BCUT2D eigenvalue weighted by Gasteiger charge is 2.21. The van der Waals surface area contributed by atoms with Crippen molar-refractivity contribution in [1.29, 1.82) is 0 Å². The standard InChI is InChI=1S/C15H15N3O2S2/c1-17(22(19,20)15-4-2-11-21-15)12-13-5-7-14(8-6-13)18-10-3-9-16-18/h2-11H,12H2,1H3. The van der Waals surface area contributed by atoms with Crippen LogP contribution in [0.1, 0.15) is 5.56 Å². The van der Waals surface area contributed by atoms with Gasteiger partial charge < -0.3 is 0 Å². The normalized spacial score (nSPS) is 11.9. The summed E-state index contributed by atoms with van der Waals surface area (Å²) < 4.78 is 28.2. The fraction of sp³-hybridized carbons (Fsp3) is 0.133. The molecule has 0 amide bonds. The summed E-state index contributed by atoms with van der Waals surface area (Å²) in [5.41, 5.74) is 1.87. The zero-order chi connectivity index (χ0) is 15.6. The average Bonchev–Trinajstić information content (AvgIpc) is 3.21. The first kappa shape index (κ1) is 15.0. The number of hydrogen-bond acceptors (Lipinski definition) is 4. The summed E-state index contributed by atoms with van der Waals surface area (Å²) in [4.78, 5) is 0. The summed E-state index contributed by atoms with van der Waals surface area (Å²) in [5.74, 6) is 0. The van der Waals surface area contributed by atoms with Crippen molar-refractivity contribution in [2.24, 2.45) is 0 Å². The van der Waals surface area contributed by atoms with Gasteiger partial charge in [-0.25, -0.2) is 13.1 Å². The third kappa shape index (κ3) is 2.96. The molecular weight excluding hydrogens is 318 g/mol. The zero-order valence-electron chi connectivity index (χ0n) is 12.0. The van der Waals surface area contributed by atoms with Crippen molar-refractivity contribution in [1.82, 2.24) is 14.1 Å². The third-order valence-electron chi connectivity index (χ3n) is 3.27. The molecule has 0 spiro atoms. The Morgan fingerprint density at radius 2 is 1.95 bits per heavy atom. The third-order valence-corrected chi connectivity index (χ3v) is 6.45. The maximum Gasteiger partial charge on any atom is 0.252 e. The van der Waals surface area contributed by atoms with Gasteiger partial charge in [0.15, 0.2) is 0 Å². The number of hydrogen-bond donors (Lipinski definition) is 0. The van der Waals surface area contributed by atoms with Crippen LogP contribution in [0.15, 0.2) is 64.4 Å². The Bertz CT molecular complexity index is 824. The van der Waals surface area contributed by atoms with Gasteiger partial charge in [-0.1, -0.05) is 18.2 Å². The van der Waals surface area contributed by atoms with E-state index in [2.05, 4.69) is 5.10 Å². The van der Waals surface area contributed by atoms with Crippen molar-refractivity contribution >= 4 is 21.4 Å². The van der Waals surface area contributed by atoms with Crippen LogP contribution in [0.2, 0.25) is 0 Å². The molecule has 0 radical (unpaired) electrons. The molecule has 0 fully saturated rings. The van der Waals surface area contributed by atoms with Gasteiger partial charge in [0.2, 0.25) is 0 Å². The fourth-order valence-corrected chi connectivity index (χ4v) is 4.44. The Labute approximate surface area is 133 Å². The lowest BCUT2D eigenvalue weighted by atomic mass is 10.2. The van der Waals surface area contributed by atoms with E-state index in [1.54, 1.807) is 35.4 Å². The van der Waals surface area contributed by atoms with Crippen molar-refractivity contribution in [3.8, 4) is 5.69 Å². The zero-order valence-corrected chi connectivity index (χ0v) is 13.6. The minimum absolute atomic E-state index is 0.333. The predicted octanol–water partition coefficient (Wildman–Crippen LogP) is 2.75. The number of nitrogens with zero attached hydrogens (tertiary/aromatic N) is 3. The summed E-state index contributed by atoms with van der Waals surface area (Å²) in [6.07, 6.45) is 3.58. The molecule has 0 aliphatic carbocycles. The molecule has 0 saturated heterocycles. The fourth-order valence-electron chi connectivity index (χ4n) is 2.08. The van der Waals surface area contributed by atoms with Gasteiger partial charge in [-0.3, -0.25) is 0 Å². The van der Waals surface area contributed by atoms with E-state index in [1.807, 2.05) is 36.5 Å². The highest BCUT2D eigenvalue weighted by atomic mass is 32.2. The molecule has 114 valence electrons. The molecule has 0 unspecified atom stereocenters. The molecule has 0 aliphatic rings.